The summed E-state index contributed by atoms with van der Waals surface area (Å²) in [4.78, 5) is 50.5. The lowest BCUT2D eigenvalue weighted by Gasteiger charge is -2.32. The summed E-state index contributed by atoms with van der Waals surface area (Å²) in [5, 5.41) is 3.34. The number of amides is 4. The van der Waals surface area contributed by atoms with Crippen LogP contribution in [0.25, 0.3) is 21.9 Å². The Bertz CT molecular complexity index is 1690. The van der Waals surface area contributed by atoms with E-state index in [1.807, 2.05) is 0 Å². The number of aromatic nitrogens is 2. The average Bonchev–Trinajstić information content (AvgIpc) is 3.47. The van der Waals surface area contributed by atoms with E-state index in [0.29, 0.717) is 28.0 Å². The zero-order chi connectivity index (χ0) is 33.6. The summed E-state index contributed by atoms with van der Waals surface area (Å²) in [5.41, 5.74) is 5.36. The molecule has 0 spiro atoms. The molecule has 0 saturated heterocycles. The van der Waals surface area contributed by atoms with Gasteiger partial charge in [-0.3, -0.25) is 15.1 Å². The molecule has 12 nitrogen and oxygen atoms in total. The number of nitrogens with two attached hydrogens (primary N) is 1. The molecule has 1 aliphatic heterocycles. The van der Waals surface area contributed by atoms with Crippen molar-refractivity contribution >= 4 is 46.2 Å². The summed E-state index contributed by atoms with van der Waals surface area (Å²) in [5.74, 6) is -0.231. The first-order valence-electron chi connectivity index (χ1n) is 15.4. The van der Waals surface area contributed by atoms with Crippen LogP contribution in [0.4, 0.5) is 36.0 Å². The Labute approximate surface area is 267 Å². The second kappa shape index (κ2) is 12.3. The van der Waals surface area contributed by atoms with Gasteiger partial charge in [0.1, 0.15) is 29.3 Å². The molecule has 0 radical (unpaired) electrons. The van der Waals surface area contributed by atoms with E-state index < -0.39 is 35.2 Å². The number of anilines is 3. The molecule has 1 saturated carbocycles. The largest absolute Gasteiger partial charge is 0.474 e. The van der Waals surface area contributed by atoms with Gasteiger partial charge in [0.05, 0.1) is 12.2 Å². The molecule has 46 heavy (non-hydrogen) atoms. The maximum Gasteiger partial charge on any atom is 0.415 e. The van der Waals surface area contributed by atoms with Crippen LogP contribution in [0.15, 0.2) is 24.5 Å². The molecule has 3 aromatic rings. The molecule has 246 valence electrons. The predicted molar refractivity (Wildman–Crippen MR) is 173 cm³/mol. The summed E-state index contributed by atoms with van der Waals surface area (Å²) in [6.45, 7) is 12.6. The Balaban J connectivity index is 1.69. The summed E-state index contributed by atoms with van der Waals surface area (Å²) in [7, 11) is 0. The second-order valence-electron chi connectivity index (χ2n) is 13.6. The number of urea groups is 1. The smallest absolute Gasteiger partial charge is 0.415 e. The Morgan fingerprint density at radius 2 is 1.70 bits per heavy atom. The van der Waals surface area contributed by atoms with Gasteiger partial charge < -0.3 is 19.9 Å². The molecule has 1 fully saturated rings. The average molecular weight is 637 g/mol. The fraction of sp³-hybridized carbons (Fsp3) is 0.485. The molecule has 0 unspecified atom stereocenters. The van der Waals surface area contributed by atoms with Crippen molar-refractivity contribution in [1.82, 2.24) is 9.97 Å². The normalized spacial score (nSPS) is 15.3. The van der Waals surface area contributed by atoms with Crippen LogP contribution in [-0.4, -0.2) is 58.6 Å². The first kappa shape index (κ1) is 32.7. The molecule has 5 rings (SSSR count). The van der Waals surface area contributed by atoms with Crippen molar-refractivity contribution in [3.8, 4) is 17.0 Å². The summed E-state index contributed by atoms with van der Waals surface area (Å²) >= 11 is 0. The highest BCUT2D eigenvalue weighted by Gasteiger charge is 2.33. The molecule has 0 bridgehead atoms. The fourth-order valence-corrected chi connectivity index (χ4v) is 5.87. The third-order valence-corrected chi connectivity index (χ3v) is 7.75. The molecule has 1 aromatic carbocycles. The Hall–Kier alpha value is -4.68. The van der Waals surface area contributed by atoms with Crippen molar-refractivity contribution in [2.75, 3.05) is 28.3 Å². The summed E-state index contributed by atoms with van der Waals surface area (Å²) in [6.07, 6.45) is 4.95. The van der Waals surface area contributed by atoms with Crippen LogP contribution in [0.1, 0.15) is 72.8 Å². The number of hydrogen-bond acceptors (Lipinski definition) is 8. The lowest BCUT2D eigenvalue weighted by molar-refractivity contribution is 0.0565. The minimum atomic E-state index is -0.858. The first-order chi connectivity index (χ1) is 21.5. The number of carbonyl (C=O) groups excluding carboxylic acids is 3. The number of primary amides is 1. The number of nitrogens with zero attached hydrogens (tertiary/aromatic N) is 4. The van der Waals surface area contributed by atoms with Crippen LogP contribution in [0.2, 0.25) is 0 Å². The maximum atomic E-state index is 16.7. The molecular formula is C33H41FN6O6. The van der Waals surface area contributed by atoms with Crippen molar-refractivity contribution in [1.29, 1.82) is 0 Å². The molecule has 3 N–H and O–H groups in total. The number of hydrogen-bond donors (Lipinski definition) is 2. The first-order valence-corrected chi connectivity index (χ1v) is 15.4. The van der Waals surface area contributed by atoms with Gasteiger partial charge in [0.25, 0.3) is 0 Å². The van der Waals surface area contributed by atoms with E-state index >= 15 is 4.39 Å². The SMILES string of the molecule is Cc1c(-c2cc3cc(N(C(N)=O)C4CCCC4)ncc3c(NC(=O)OC(C)(C)C)c2F)cnc2c1N(C(=O)OC(C)(C)C)CCO2. The highest BCUT2D eigenvalue weighted by atomic mass is 19.1. The van der Waals surface area contributed by atoms with Gasteiger partial charge in [-0.2, -0.15) is 0 Å². The quantitative estimate of drug-likeness (QED) is 0.309. The zero-order valence-electron chi connectivity index (χ0n) is 27.3. The van der Waals surface area contributed by atoms with Crippen molar-refractivity contribution < 1.29 is 33.0 Å². The van der Waals surface area contributed by atoms with E-state index in [2.05, 4.69) is 15.3 Å². The number of rotatable bonds is 4. The second-order valence-corrected chi connectivity index (χ2v) is 13.6. The monoisotopic (exact) mass is 636 g/mol. The molecular weight excluding hydrogens is 595 g/mol. The molecule has 0 atom stereocenters. The van der Waals surface area contributed by atoms with E-state index in [1.165, 1.54) is 22.2 Å². The number of ether oxygens (including phenoxy) is 3. The van der Waals surface area contributed by atoms with E-state index in [-0.39, 0.29) is 41.7 Å². The highest BCUT2D eigenvalue weighted by molar-refractivity contribution is 6.05. The Morgan fingerprint density at radius 1 is 1.02 bits per heavy atom. The van der Waals surface area contributed by atoms with Crippen LogP contribution >= 0.6 is 0 Å². The topological polar surface area (TPSA) is 149 Å². The number of nitrogens with one attached hydrogen (secondary N) is 1. The van der Waals surface area contributed by atoms with Gasteiger partial charge in [0, 0.05) is 34.9 Å². The van der Waals surface area contributed by atoms with Crippen molar-refractivity contribution in [2.24, 2.45) is 5.73 Å². The van der Waals surface area contributed by atoms with Gasteiger partial charge in [-0.15, -0.1) is 0 Å². The van der Waals surface area contributed by atoms with Gasteiger partial charge in [-0.05, 0) is 84.4 Å². The van der Waals surface area contributed by atoms with Crippen molar-refractivity contribution in [3.05, 3.63) is 35.9 Å². The Morgan fingerprint density at radius 3 is 2.33 bits per heavy atom. The third kappa shape index (κ3) is 6.77. The van der Waals surface area contributed by atoms with Crippen LogP contribution in [-0.2, 0) is 9.47 Å². The zero-order valence-corrected chi connectivity index (χ0v) is 27.3. The number of carbonyl (C=O) groups is 3. The van der Waals surface area contributed by atoms with Gasteiger partial charge in [-0.1, -0.05) is 12.8 Å². The number of pyridine rings is 2. The molecule has 2 aromatic heterocycles. The molecule has 4 amide bonds. The van der Waals surface area contributed by atoms with Crippen LogP contribution in [0.5, 0.6) is 5.88 Å². The summed E-state index contributed by atoms with van der Waals surface area (Å²) < 4.78 is 33.5. The lowest BCUT2D eigenvalue weighted by Crippen LogP contribution is -2.43. The van der Waals surface area contributed by atoms with Crippen LogP contribution in [0.3, 0.4) is 0 Å². The third-order valence-electron chi connectivity index (χ3n) is 7.75. The maximum absolute atomic E-state index is 16.7. The van der Waals surface area contributed by atoms with Gasteiger partial charge in [0.2, 0.25) is 5.88 Å². The lowest BCUT2D eigenvalue weighted by atomic mass is 9.96. The summed E-state index contributed by atoms with van der Waals surface area (Å²) in [6, 6.07) is 2.51. The fourth-order valence-electron chi connectivity index (χ4n) is 5.87. The number of halogens is 1. The van der Waals surface area contributed by atoms with Crippen molar-refractivity contribution in [2.45, 2.75) is 91.4 Å². The molecule has 2 aliphatic rings. The van der Waals surface area contributed by atoms with Gasteiger partial charge >= 0.3 is 18.2 Å². The molecule has 3 heterocycles. The standard InChI is InChI=1S/C33H41FN6O6/c1-18-22(16-37-28-27(18)39(12-13-44-28)31(43)46-33(5,6)7)21-14-19-15-24(40(29(35)41)20-10-8-9-11-20)36-17-23(19)26(25(21)34)38-30(42)45-32(2,3)4/h14-17,20H,8-13H2,1-7H3,(H2,35,41)(H,38,42). The van der Waals surface area contributed by atoms with E-state index in [4.69, 9.17) is 19.9 Å². The van der Waals surface area contributed by atoms with Gasteiger partial charge in [-0.25, -0.2) is 28.7 Å². The minimum absolute atomic E-state index is 0.0877. The van der Waals surface area contributed by atoms with Crippen LogP contribution in [0, 0.1) is 12.7 Å². The Kier molecular flexibility index (Phi) is 8.71. The van der Waals surface area contributed by atoms with Gasteiger partial charge in [0.15, 0.2) is 5.82 Å². The van der Waals surface area contributed by atoms with E-state index in [1.54, 1.807) is 60.6 Å². The van der Waals surface area contributed by atoms with Crippen molar-refractivity contribution in [3.63, 3.8) is 0 Å². The van der Waals surface area contributed by atoms with Crippen LogP contribution < -0.4 is 25.6 Å². The predicted octanol–water partition coefficient (Wildman–Crippen LogP) is 7.05. The van der Waals surface area contributed by atoms with E-state index in [9.17, 15) is 14.4 Å². The minimum Gasteiger partial charge on any atom is -0.474 e. The number of benzene rings is 1. The molecule has 13 heteroatoms. The highest BCUT2D eigenvalue weighted by Crippen LogP contribution is 2.43. The number of fused-ring (bicyclic) bond motifs is 2. The molecule has 1 aliphatic carbocycles. The van der Waals surface area contributed by atoms with E-state index in [0.717, 1.165) is 25.7 Å².